The van der Waals surface area contributed by atoms with Gasteiger partial charge in [-0.2, -0.15) is 0 Å². The van der Waals surface area contributed by atoms with Crippen LogP contribution in [0.1, 0.15) is 51.8 Å². The van der Waals surface area contributed by atoms with Gasteiger partial charge in [0.1, 0.15) is 10.6 Å². The van der Waals surface area contributed by atoms with E-state index < -0.39 is 0 Å². The molecule has 162 valence electrons. The summed E-state index contributed by atoms with van der Waals surface area (Å²) < 4.78 is 5.36. The quantitative estimate of drug-likeness (QED) is 0.327. The molecule has 0 radical (unpaired) electrons. The van der Waals surface area contributed by atoms with Gasteiger partial charge in [-0.25, -0.2) is 4.79 Å². The average molecular weight is 453 g/mol. The third-order valence-electron chi connectivity index (χ3n) is 5.23. The van der Waals surface area contributed by atoms with Gasteiger partial charge in [0.15, 0.2) is 5.11 Å². The van der Waals surface area contributed by atoms with Crippen molar-refractivity contribution in [3.8, 4) is 11.1 Å². The second-order valence-electron chi connectivity index (χ2n) is 7.49. The van der Waals surface area contributed by atoms with Crippen LogP contribution in [0.3, 0.4) is 0 Å². The monoisotopic (exact) mass is 452 g/mol. The van der Waals surface area contributed by atoms with Gasteiger partial charge >= 0.3 is 5.97 Å². The van der Waals surface area contributed by atoms with Gasteiger partial charge in [-0.3, -0.25) is 0 Å². The number of anilines is 1. The minimum absolute atomic E-state index is 0.0278. The van der Waals surface area contributed by atoms with E-state index in [0.717, 1.165) is 21.6 Å². The van der Waals surface area contributed by atoms with Crippen LogP contribution in [-0.4, -0.2) is 17.7 Å². The van der Waals surface area contributed by atoms with Crippen LogP contribution in [0.15, 0.2) is 48.5 Å². The highest BCUT2D eigenvalue weighted by molar-refractivity contribution is 7.80. The summed E-state index contributed by atoms with van der Waals surface area (Å²) in [5, 5.41) is 7.74. The van der Waals surface area contributed by atoms with Crippen LogP contribution in [0, 0.1) is 20.8 Å². The van der Waals surface area contributed by atoms with Gasteiger partial charge in [-0.1, -0.05) is 48.5 Å². The van der Waals surface area contributed by atoms with Gasteiger partial charge in [-0.05, 0) is 69.1 Å². The van der Waals surface area contributed by atoms with Crippen molar-refractivity contribution < 1.29 is 9.53 Å². The number of ether oxygens (including phenoxy) is 1. The molecule has 2 aromatic carbocycles. The molecular formula is C25H28N2O2S2. The van der Waals surface area contributed by atoms with Crippen LogP contribution in [-0.2, 0) is 4.74 Å². The molecule has 1 aromatic heterocycles. The lowest BCUT2D eigenvalue weighted by Gasteiger charge is -2.18. The van der Waals surface area contributed by atoms with Gasteiger partial charge < -0.3 is 15.4 Å². The van der Waals surface area contributed by atoms with Crippen LogP contribution in [0.4, 0.5) is 5.00 Å². The Balaban J connectivity index is 1.87. The number of hydrogen-bond acceptors (Lipinski definition) is 4. The Bertz CT molecular complexity index is 1090. The number of thiocarbonyl (C=S) groups is 1. The first-order chi connectivity index (χ1) is 14.8. The molecule has 6 heteroatoms. The third-order valence-corrected chi connectivity index (χ3v) is 6.47. The lowest BCUT2D eigenvalue weighted by Crippen LogP contribution is -2.31. The summed E-state index contributed by atoms with van der Waals surface area (Å²) in [6, 6.07) is 16.3. The molecule has 0 amide bonds. The number of esters is 1. The van der Waals surface area contributed by atoms with Gasteiger partial charge in [0.05, 0.1) is 12.6 Å². The maximum Gasteiger partial charge on any atom is 0.341 e. The molecule has 1 unspecified atom stereocenters. The normalized spacial score (nSPS) is 11.6. The smallest absolute Gasteiger partial charge is 0.341 e. The van der Waals surface area contributed by atoms with E-state index in [1.807, 2.05) is 44.2 Å². The fourth-order valence-electron chi connectivity index (χ4n) is 3.44. The summed E-state index contributed by atoms with van der Waals surface area (Å²) in [5.74, 6) is -0.349. The molecule has 0 aliphatic heterocycles. The van der Waals surface area contributed by atoms with Gasteiger partial charge in [-0.15, -0.1) is 11.3 Å². The number of benzene rings is 2. The minimum Gasteiger partial charge on any atom is -0.462 e. The van der Waals surface area contributed by atoms with Crippen molar-refractivity contribution in [2.45, 2.75) is 40.7 Å². The fourth-order valence-corrected chi connectivity index (χ4v) is 4.85. The molecule has 31 heavy (non-hydrogen) atoms. The van der Waals surface area contributed by atoms with Gasteiger partial charge in [0.25, 0.3) is 0 Å². The van der Waals surface area contributed by atoms with E-state index >= 15 is 0 Å². The third kappa shape index (κ3) is 5.32. The first-order valence-corrected chi connectivity index (χ1v) is 11.5. The van der Waals surface area contributed by atoms with Gasteiger partial charge in [0.2, 0.25) is 0 Å². The fraction of sp³-hybridized carbons (Fsp3) is 0.280. The summed E-state index contributed by atoms with van der Waals surface area (Å²) in [6.07, 6.45) is 0. The van der Waals surface area contributed by atoms with Crippen molar-refractivity contribution in [1.82, 2.24) is 5.32 Å². The van der Waals surface area contributed by atoms with Crippen LogP contribution in [0.25, 0.3) is 11.1 Å². The maximum absolute atomic E-state index is 12.8. The summed E-state index contributed by atoms with van der Waals surface area (Å²) in [6.45, 7) is 10.4. The highest BCUT2D eigenvalue weighted by atomic mass is 32.1. The number of thiophene rings is 1. The molecule has 3 aromatic rings. The van der Waals surface area contributed by atoms with Crippen molar-refractivity contribution >= 4 is 39.6 Å². The Morgan fingerprint density at radius 1 is 1.10 bits per heavy atom. The number of nitrogens with one attached hydrogen (secondary N) is 2. The molecular weight excluding hydrogens is 424 g/mol. The Morgan fingerprint density at radius 2 is 1.81 bits per heavy atom. The lowest BCUT2D eigenvalue weighted by molar-refractivity contribution is 0.0529. The number of aryl methyl sites for hydroxylation is 3. The molecule has 0 aliphatic rings. The maximum atomic E-state index is 12.8. The second kappa shape index (κ2) is 10.1. The first kappa shape index (κ1) is 23.0. The molecule has 4 nitrogen and oxygen atoms in total. The molecule has 3 rings (SSSR count). The largest absolute Gasteiger partial charge is 0.462 e. The van der Waals surface area contributed by atoms with Crippen LogP contribution in [0.5, 0.6) is 0 Å². The lowest BCUT2D eigenvalue weighted by atomic mass is 10.0. The molecule has 2 N–H and O–H groups in total. The summed E-state index contributed by atoms with van der Waals surface area (Å²) in [4.78, 5) is 13.9. The van der Waals surface area contributed by atoms with Crippen molar-refractivity contribution in [3.63, 3.8) is 0 Å². The standard InChI is InChI=1S/C25H28N2O2S2/c1-6-29-24(28)22-21(19-10-8-7-9-11-19)18(5)31-23(22)27-25(30)26-17(4)20-13-12-15(2)16(3)14-20/h7-14,17H,6H2,1-5H3,(H2,26,27,30). The molecule has 1 heterocycles. The van der Waals surface area contributed by atoms with Crippen molar-refractivity contribution in [2.24, 2.45) is 0 Å². The highest BCUT2D eigenvalue weighted by Gasteiger charge is 2.25. The minimum atomic E-state index is -0.349. The van der Waals surface area contributed by atoms with E-state index in [9.17, 15) is 4.79 Å². The molecule has 0 saturated heterocycles. The molecule has 0 bridgehead atoms. The molecule has 0 spiro atoms. The first-order valence-electron chi connectivity index (χ1n) is 10.3. The number of carbonyl (C=O) groups excluding carboxylic acids is 1. The summed E-state index contributed by atoms with van der Waals surface area (Å²) in [5.41, 5.74) is 6.06. The van der Waals surface area contributed by atoms with Crippen LogP contribution < -0.4 is 10.6 Å². The molecule has 1 atom stereocenters. The molecule has 0 fully saturated rings. The van der Waals surface area contributed by atoms with E-state index in [2.05, 4.69) is 49.6 Å². The highest BCUT2D eigenvalue weighted by Crippen LogP contribution is 2.40. The van der Waals surface area contributed by atoms with E-state index in [4.69, 9.17) is 17.0 Å². The van der Waals surface area contributed by atoms with Crippen LogP contribution >= 0.6 is 23.6 Å². The zero-order valence-electron chi connectivity index (χ0n) is 18.5. The Labute approximate surface area is 193 Å². The van der Waals surface area contributed by atoms with E-state index in [-0.39, 0.29) is 12.0 Å². The zero-order valence-corrected chi connectivity index (χ0v) is 20.2. The van der Waals surface area contributed by atoms with Crippen molar-refractivity contribution in [1.29, 1.82) is 0 Å². The number of hydrogen-bond donors (Lipinski definition) is 2. The number of carbonyl (C=O) groups is 1. The van der Waals surface area contributed by atoms with Crippen molar-refractivity contribution in [3.05, 3.63) is 75.7 Å². The predicted octanol–water partition coefficient (Wildman–Crippen LogP) is 6.56. The van der Waals surface area contributed by atoms with Crippen molar-refractivity contribution in [2.75, 3.05) is 11.9 Å². The van der Waals surface area contributed by atoms with Crippen LogP contribution in [0.2, 0.25) is 0 Å². The topological polar surface area (TPSA) is 50.4 Å². The number of rotatable bonds is 6. The summed E-state index contributed by atoms with van der Waals surface area (Å²) >= 11 is 7.09. The van der Waals surface area contributed by atoms with E-state index in [1.54, 1.807) is 0 Å². The SMILES string of the molecule is CCOC(=O)c1c(NC(=S)NC(C)c2ccc(C)c(C)c2)sc(C)c1-c1ccccc1. The van der Waals surface area contributed by atoms with Gasteiger partial charge in [0, 0.05) is 10.4 Å². The van der Waals surface area contributed by atoms with E-state index in [0.29, 0.717) is 22.3 Å². The predicted molar refractivity (Wildman–Crippen MR) is 134 cm³/mol. The average Bonchev–Trinajstić information content (AvgIpc) is 3.06. The van der Waals surface area contributed by atoms with E-state index in [1.165, 1.54) is 22.5 Å². The molecule has 0 saturated carbocycles. The Morgan fingerprint density at radius 3 is 2.45 bits per heavy atom. The Kier molecular flexibility index (Phi) is 7.46. The Hall–Kier alpha value is -2.70. The zero-order chi connectivity index (χ0) is 22.5. The second-order valence-corrected chi connectivity index (χ2v) is 9.12. The summed E-state index contributed by atoms with van der Waals surface area (Å²) in [7, 11) is 0. The molecule has 0 aliphatic carbocycles.